The Hall–Kier alpha value is -4.60. The number of urea groups is 1. The van der Waals surface area contributed by atoms with Gasteiger partial charge in [0.25, 0.3) is 5.91 Å². The molecule has 3 aliphatic heterocycles. The fourth-order valence-electron chi connectivity index (χ4n) is 8.41. The first-order valence-electron chi connectivity index (χ1n) is 20.2. The monoisotopic (exact) mass is 807 g/mol. The molecule has 0 radical (unpaired) electrons. The summed E-state index contributed by atoms with van der Waals surface area (Å²) in [5.74, 6) is -1.39. The molecule has 7 atom stereocenters. The molecule has 0 spiro atoms. The second-order valence-corrected chi connectivity index (χ2v) is 20.4. The molecule has 7 rings (SSSR count). The van der Waals surface area contributed by atoms with Crippen LogP contribution in [0, 0.1) is 17.8 Å². The van der Waals surface area contributed by atoms with E-state index in [4.69, 9.17) is 9.47 Å². The maximum absolute atomic E-state index is 14.9. The first-order valence-corrected chi connectivity index (χ1v) is 21.7. The Morgan fingerprint density at radius 2 is 1.84 bits per heavy atom. The molecule has 0 unspecified atom stereocenters. The van der Waals surface area contributed by atoms with E-state index in [9.17, 15) is 27.6 Å². The number of nitrogens with zero attached hydrogens (tertiary/aromatic N) is 3. The lowest BCUT2D eigenvalue weighted by molar-refractivity contribution is -0.142. The van der Waals surface area contributed by atoms with Gasteiger partial charge < -0.3 is 35.2 Å². The smallest absolute Gasteiger partial charge is 0.315 e. The van der Waals surface area contributed by atoms with E-state index in [1.54, 1.807) is 13.1 Å². The molecule has 5 aliphatic rings. The van der Waals surface area contributed by atoms with E-state index < -0.39 is 73.7 Å². The van der Waals surface area contributed by atoms with Gasteiger partial charge in [0.1, 0.15) is 30.3 Å². The van der Waals surface area contributed by atoms with Gasteiger partial charge in [-0.15, -0.1) is 0 Å². The maximum Gasteiger partial charge on any atom is 0.315 e. The lowest BCUT2D eigenvalue weighted by atomic mass is 9.88. The van der Waals surface area contributed by atoms with Crippen LogP contribution in [0.4, 0.5) is 10.5 Å². The Kier molecular flexibility index (Phi) is 10.7. The van der Waals surface area contributed by atoms with Gasteiger partial charge >= 0.3 is 6.03 Å². The van der Waals surface area contributed by atoms with Crippen LogP contribution in [0.3, 0.4) is 0 Å². The van der Waals surface area contributed by atoms with Gasteiger partial charge in [-0.1, -0.05) is 26.0 Å². The number of hydrogen-bond acceptors (Lipinski definition) is 10. The second-order valence-electron chi connectivity index (χ2n) is 18.2. The first-order chi connectivity index (χ1) is 26.8. The molecule has 1 aromatic heterocycles. The zero-order chi connectivity index (χ0) is 41.1. The number of ether oxygens (including phenoxy) is 2. The molecule has 4 heterocycles. The van der Waals surface area contributed by atoms with Crippen molar-refractivity contribution in [2.45, 2.75) is 121 Å². The van der Waals surface area contributed by atoms with Crippen LogP contribution in [0.2, 0.25) is 0 Å². The summed E-state index contributed by atoms with van der Waals surface area (Å²) in [5, 5.41) is 10.3. The van der Waals surface area contributed by atoms with Crippen LogP contribution in [-0.4, -0.2) is 103 Å². The number of aromatic nitrogens is 1. The first kappa shape index (κ1) is 40.6. The van der Waals surface area contributed by atoms with Gasteiger partial charge in [0.05, 0.1) is 23.5 Å². The highest BCUT2D eigenvalue weighted by atomic mass is 32.2. The standard InChI is InChI=1S/C41H57N7O8S/c1-24-10-8-9-11-26-22-41(26,37(51)46-57(53,54)40(6)15-16-40)44-34(49)31-21-27(23-48(31)36(50)32(25(2)20-24)43-38(52)45-39(3,4)5)56-35-29-12-13-30-33(28(29)14-17-42-35)55-19-18-47(30)7/h9,11-14,17,24-27,31-32H,8,10,15-16,18-23H2,1-7H3,(H,44,49)(H,46,51)(H2,43,45,52)/t24-,25+,26+,27+,31-,32-,41+/m0/s1. The highest BCUT2D eigenvalue weighted by Gasteiger charge is 2.63. The summed E-state index contributed by atoms with van der Waals surface area (Å²) in [7, 11) is -1.99. The number of hydrogen-bond donors (Lipinski definition) is 4. The average Bonchev–Trinajstić information content (AvgIpc) is 4.01. The third-order valence-electron chi connectivity index (χ3n) is 12.2. The number of carbonyl (C=O) groups excluding carboxylic acids is 4. The summed E-state index contributed by atoms with van der Waals surface area (Å²) in [6, 6.07) is 3.13. The van der Waals surface area contributed by atoms with E-state index in [1.807, 2.05) is 65.1 Å². The van der Waals surface area contributed by atoms with Crippen molar-refractivity contribution in [2.75, 3.05) is 31.6 Å². The van der Waals surface area contributed by atoms with Crippen molar-refractivity contribution in [1.29, 1.82) is 0 Å². The van der Waals surface area contributed by atoms with Crippen LogP contribution in [0.15, 0.2) is 36.5 Å². The quantitative estimate of drug-likeness (QED) is 0.313. The predicted molar refractivity (Wildman–Crippen MR) is 215 cm³/mol. The van der Waals surface area contributed by atoms with Gasteiger partial charge in [0.15, 0.2) is 5.75 Å². The van der Waals surface area contributed by atoms with Crippen LogP contribution in [-0.2, 0) is 24.4 Å². The number of sulfonamides is 1. The highest BCUT2D eigenvalue weighted by molar-refractivity contribution is 7.91. The molecule has 5 amide bonds. The number of carbonyl (C=O) groups is 4. The largest absolute Gasteiger partial charge is 0.489 e. The Morgan fingerprint density at radius 3 is 2.56 bits per heavy atom. The van der Waals surface area contributed by atoms with Gasteiger partial charge in [-0.2, -0.15) is 0 Å². The minimum Gasteiger partial charge on any atom is -0.489 e. The zero-order valence-electron chi connectivity index (χ0n) is 34.0. The zero-order valence-corrected chi connectivity index (χ0v) is 34.8. The normalized spacial score (nSPS) is 30.0. The molecule has 2 saturated carbocycles. The number of pyridine rings is 1. The third kappa shape index (κ3) is 8.24. The molecule has 15 nitrogen and oxygen atoms in total. The lowest BCUT2D eigenvalue weighted by Crippen LogP contribution is -2.60. The third-order valence-corrected chi connectivity index (χ3v) is 14.4. The minimum atomic E-state index is -4.00. The fourth-order valence-corrected chi connectivity index (χ4v) is 9.73. The van der Waals surface area contributed by atoms with Crippen LogP contribution in [0.25, 0.3) is 10.8 Å². The van der Waals surface area contributed by atoms with Crippen molar-refractivity contribution in [3.8, 4) is 11.6 Å². The molecule has 2 aromatic rings. The highest BCUT2D eigenvalue weighted by Crippen LogP contribution is 2.48. The van der Waals surface area contributed by atoms with E-state index in [2.05, 4.69) is 37.5 Å². The van der Waals surface area contributed by atoms with E-state index in [0.717, 1.165) is 29.8 Å². The Morgan fingerprint density at radius 1 is 1.09 bits per heavy atom. The molecule has 4 N–H and O–H groups in total. The molecule has 0 bridgehead atoms. The second kappa shape index (κ2) is 15.0. The summed E-state index contributed by atoms with van der Waals surface area (Å²) in [5.41, 5.74) is -1.15. The number of anilines is 1. The number of allylic oxidation sites excluding steroid dienone is 1. The average molecular weight is 808 g/mol. The molecule has 16 heteroatoms. The van der Waals surface area contributed by atoms with Crippen molar-refractivity contribution in [2.24, 2.45) is 17.8 Å². The van der Waals surface area contributed by atoms with Crippen molar-refractivity contribution in [3.05, 3.63) is 36.5 Å². The van der Waals surface area contributed by atoms with Gasteiger partial charge in [-0.05, 0) is 96.3 Å². The number of amides is 5. The number of fused-ring (bicyclic) bond motifs is 5. The van der Waals surface area contributed by atoms with Gasteiger partial charge in [0.2, 0.25) is 27.7 Å². The number of likely N-dealkylation sites (N-methyl/N-ethyl adjacent to an activating group) is 1. The maximum atomic E-state index is 14.9. The summed E-state index contributed by atoms with van der Waals surface area (Å²) in [4.78, 5) is 64.9. The van der Waals surface area contributed by atoms with Crippen molar-refractivity contribution < 1.29 is 37.1 Å². The number of rotatable bonds is 6. The summed E-state index contributed by atoms with van der Waals surface area (Å²) in [6.45, 7) is 12.4. The Bertz CT molecular complexity index is 2080. The van der Waals surface area contributed by atoms with E-state index >= 15 is 0 Å². The van der Waals surface area contributed by atoms with Crippen molar-refractivity contribution in [3.63, 3.8) is 0 Å². The van der Waals surface area contributed by atoms with E-state index in [-0.39, 0.29) is 31.2 Å². The fraction of sp³-hybridized carbons (Fsp3) is 0.634. The summed E-state index contributed by atoms with van der Waals surface area (Å²) in [6.07, 6.45) is 8.04. The van der Waals surface area contributed by atoms with Crippen LogP contribution < -0.4 is 35.0 Å². The van der Waals surface area contributed by atoms with Gasteiger partial charge in [0, 0.05) is 41.9 Å². The van der Waals surface area contributed by atoms with Crippen molar-refractivity contribution >= 4 is 50.2 Å². The van der Waals surface area contributed by atoms with Crippen LogP contribution in [0.5, 0.6) is 11.6 Å². The minimum absolute atomic E-state index is 0.00420. The van der Waals surface area contributed by atoms with Crippen molar-refractivity contribution in [1.82, 2.24) is 30.6 Å². The summed E-state index contributed by atoms with van der Waals surface area (Å²) < 4.78 is 40.4. The van der Waals surface area contributed by atoms with Crippen LogP contribution >= 0.6 is 0 Å². The summed E-state index contributed by atoms with van der Waals surface area (Å²) >= 11 is 0. The molecular weight excluding hydrogens is 751 g/mol. The number of benzene rings is 1. The molecule has 310 valence electrons. The van der Waals surface area contributed by atoms with Gasteiger partial charge in [-0.3, -0.25) is 19.1 Å². The topological polar surface area (TPSA) is 188 Å². The predicted octanol–water partition coefficient (Wildman–Crippen LogP) is 3.76. The molecule has 3 fully saturated rings. The van der Waals surface area contributed by atoms with Gasteiger partial charge in [-0.25, -0.2) is 18.2 Å². The SMILES string of the molecule is C[C@H]1CCC=C[C@@H]2C[C@@]2(C(=O)NS(=O)(=O)C2(C)CC2)NC(=O)[C@@H]2C[C@@H](Oc3nccc4c5c(ccc34)N(C)CCO5)CN2C(=O)[C@@H](NC(=O)NC(C)(C)C)[C@H](C)C1. The van der Waals surface area contributed by atoms with E-state index in [1.165, 1.54) is 4.90 Å². The lowest BCUT2D eigenvalue weighted by Gasteiger charge is -2.33. The molecular formula is C41H57N7O8S. The van der Waals surface area contributed by atoms with E-state index in [0.29, 0.717) is 43.6 Å². The molecule has 1 aromatic carbocycles. The molecule has 2 aliphatic carbocycles. The number of nitrogens with one attached hydrogen (secondary N) is 4. The Balaban J connectivity index is 1.23. The van der Waals surface area contributed by atoms with Crippen LogP contribution in [0.1, 0.15) is 86.5 Å². The molecule has 1 saturated heterocycles. The molecule has 57 heavy (non-hydrogen) atoms. The Labute approximate surface area is 335 Å².